The molecule has 97 valence electrons. The van der Waals surface area contributed by atoms with Crippen molar-refractivity contribution in [2.75, 3.05) is 39.4 Å². The first kappa shape index (κ1) is 13.1. The van der Waals surface area contributed by atoms with Crippen molar-refractivity contribution >= 4 is 5.91 Å². The normalized spacial score (nSPS) is 16.4. The number of nitrogens with one attached hydrogen (secondary N) is 1. The van der Waals surface area contributed by atoms with Gasteiger partial charge in [-0.3, -0.25) is 9.69 Å². The summed E-state index contributed by atoms with van der Waals surface area (Å²) < 4.78 is 5.27. The third kappa shape index (κ3) is 4.47. The van der Waals surface area contributed by atoms with E-state index < -0.39 is 0 Å². The molecule has 1 N–H and O–H groups in total. The summed E-state index contributed by atoms with van der Waals surface area (Å²) in [7, 11) is 0. The lowest BCUT2D eigenvalue weighted by molar-refractivity contribution is -0.117. The zero-order valence-electron chi connectivity index (χ0n) is 10.5. The number of carbonyl (C=O) groups is 1. The maximum atomic E-state index is 11.6. The van der Waals surface area contributed by atoms with Crippen LogP contribution in [0.1, 0.15) is 5.56 Å². The predicted molar refractivity (Wildman–Crippen MR) is 70.1 cm³/mol. The molecule has 1 aliphatic rings. The Morgan fingerprint density at radius 1 is 1.28 bits per heavy atom. The fourth-order valence-electron chi connectivity index (χ4n) is 1.91. The first-order valence-corrected chi connectivity index (χ1v) is 6.32. The number of carbonyl (C=O) groups excluding carboxylic acids is 1. The van der Waals surface area contributed by atoms with Crippen molar-refractivity contribution in [3.8, 4) is 0 Å². The number of benzene rings is 1. The highest BCUT2D eigenvalue weighted by Gasteiger charge is 2.10. The Kier molecular flexibility index (Phi) is 5.17. The van der Waals surface area contributed by atoms with E-state index in [1.54, 1.807) is 6.42 Å². The van der Waals surface area contributed by atoms with Gasteiger partial charge in [0.05, 0.1) is 19.6 Å². The van der Waals surface area contributed by atoms with Gasteiger partial charge in [0.1, 0.15) is 0 Å². The first-order valence-electron chi connectivity index (χ1n) is 6.32. The van der Waals surface area contributed by atoms with Gasteiger partial charge in [-0.05, 0) is 5.56 Å². The van der Waals surface area contributed by atoms with Crippen LogP contribution in [-0.2, 0) is 9.53 Å². The van der Waals surface area contributed by atoms with Gasteiger partial charge in [-0.25, -0.2) is 0 Å². The van der Waals surface area contributed by atoms with Crippen LogP contribution >= 0.6 is 0 Å². The smallest absolute Gasteiger partial charge is 0.228 e. The van der Waals surface area contributed by atoms with E-state index in [0.717, 1.165) is 38.4 Å². The molecular weight excluding hydrogens is 228 g/mol. The highest BCUT2D eigenvalue weighted by molar-refractivity contribution is 5.88. The summed E-state index contributed by atoms with van der Waals surface area (Å²) in [5.74, 6) is -0.0329. The molecule has 1 heterocycles. The SMILES string of the molecule is O=C([CH]c1ccccc1)NCCN1CCOCC1. The Bertz CT molecular complexity index is 361. The molecule has 1 aromatic carbocycles. The highest BCUT2D eigenvalue weighted by atomic mass is 16.5. The first-order chi connectivity index (χ1) is 8.84. The zero-order valence-corrected chi connectivity index (χ0v) is 10.5. The second-order valence-electron chi connectivity index (χ2n) is 4.30. The maximum Gasteiger partial charge on any atom is 0.228 e. The Hall–Kier alpha value is -1.39. The molecule has 0 unspecified atom stereocenters. The number of amides is 1. The number of morpholine rings is 1. The Morgan fingerprint density at radius 2 is 2.00 bits per heavy atom. The summed E-state index contributed by atoms with van der Waals surface area (Å²) in [6, 6.07) is 9.62. The number of hydrogen-bond donors (Lipinski definition) is 1. The van der Waals surface area contributed by atoms with Crippen LogP contribution in [-0.4, -0.2) is 50.2 Å². The Balaban J connectivity index is 1.62. The molecule has 1 amide bonds. The molecule has 4 nitrogen and oxygen atoms in total. The Labute approximate surface area is 108 Å². The number of nitrogens with zero attached hydrogens (tertiary/aromatic N) is 1. The minimum atomic E-state index is -0.0329. The fourth-order valence-corrected chi connectivity index (χ4v) is 1.91. The van der Waals surface area contributed by atoms with Gasteiger partial charge in [-0.15, -0.1) is 0 Å². The third-order valence-corrected chi connectivity index (χ3v) is 2.93. The molecule has 1 aliphatic heterocycles. The van der Waals surface area contributed by atoms with Gasteiger partial charge < -0.3 is 10.1 Å². The van der Waals surface area contributed by atoms with Crippen molar-refractivity contribution in [2.45, 2.75) is 0 Å². The van der Waals surface area contributed by atoms with E-state index in [2.05, 4.69) is 10.2 Å². The molecule has 1 fully saturated rings. The molecule has 0 saturated carbocycles. The van der Waals surface area contributed by atoms with Gasteiger partial charge in [0.2, 0.25) is 5.91 Å². The van der Waals surface area contributed by atoms with Crippen LogP contribution in [0.2, 0.25) is 0 Å². The summed E-state index contributed by atoms with van der Waals surface area (Å²) in [5.41, 5.74) is 0.932. The van der Waals surface area contributed by atoms with Crippen molar-refractivity contribution in [1.82, 2.24) is 10.2 Å². The fraction of sp³-hybridized carbons (Fsp3) is 0.429. The van der Waals surface area contributed by atoms with Gasteiger partial charge >= 0.3 is 0 Å². The van der Waals surface area contributed by atoms with E-state index in [9.17, 15) is 4.79 Å². The van der Waals surface area contributed by atoms with Crippen molar-refractivity contribution in [2.24, 2.45) is 0 Å². The van der Waals surface area contributed by atoms with E-state index in [1.807, 2.05) is 30.3 Å². The second kappa shape index (κ2) is 7.13. The standard InChI is InChI=1S/C14H19N2O2/c17-14(12-13-4-2-1-3-5-13)15-6-7-16-8-10-18-11-9-16/h1-5,12H,6-11H2,(H,15,17). The lowest BCUT2D eigenvalue weighted by Gasteiger charge is -2.26. The minimum Gasteiger partial charge on any atom is -0.379 e. The van der Waals surface area contributed by atoms with Crippen LogP contribution in [0.15, 0.2) is 30.3 Å². The molecule has 1 radical (unpaired) electrons. The van der Waals surface area contributed by atoms with E-state index in [-0.39, 0.29) is 5.91 Å². The molecule has 2 rings (SSSR count). The molecule has 0 atom stereocenters. The molecule has 1 saturated heterocycles. The van der Waals surface area contributed by atoms with Crippen LogP contribution < -0.4 is 5.32 Å². The molecule has 0 spiro atoms. The summed E-state index contributed by atoms with van der Waals surface area (Å²) >= 11 is 0. The lowest BCUT2D eigenvalue weighted by Crippen LogP contribution is -2.41. The molecule has 0 aliphatic carbocycles. The molecular formula is C14H19N2O2. The van der Waals surface area contributed by atoms with Gasteiger partial charge in [0.25, 0.3) is 0 Å². The zero-order chi connectivity index (χ0) is 12.6. The number of rotatable bonds is 5. The van der Waals surface area contributed by atoms with E-state index in [1.165, 1.54) is 0 Å². The van der Waals surface area contributed by atoms with Crippen molar-refractivity contribution in [3.63, 3.8) is 0 Å². The van der Waals surface area contributed by atoms with Crippen LogP contribution in [0.25, 0.3) is 0 Å². The van der Waals surface area contributed by atoms with Crippen molar-refractivity contribution < 1.29 is 9.53 Å². The monoisotopic (exact) mass is 247 g/mol. The van der Waals surface area contributed by atoms with Crippen LogP contribution in [0.5, 0.6) is 0 Å². The van der Waals surface area contributed by atoms with Crippen LogP contribution in [0.4, 0.5) is 0 Å². The summed E-state index contributed by atoms with van der Waals surface area (Å²) in [6.45, 7) is 5.07. The Morgan fingerprint density at radius 3 is 2.72 bits per heavy atom. The average Bonchev–Trinajstić information content (AvgIpc) is 2.41. The molecule has 0 bridgehead atoms. The second-order valence-corrected chi connectivity index (χ2v) is 4.30. The summed E-state index contributed by atoms with van der Waals surface area (Å²) in [5, 5.41) is 2.90. The van der Waals surface area contributed by atoms with Gasteiger partial charge in [-0.1, -0.05) is 30.3 Å². The molecule has 0 aromatic heterocycles. The van der Waals surface area contributed by atoms with E-state index >= 15 is 0 Å². The third-order valence-electron chi connectivity index (χ3n) is 2.93. The molecule has 4 heteroatoms. The lowest BCUT2D eigenvalue weighted by atomic mass is 10.1. The summed E-state index contributed by atoms with van der Waals surface area (Å²) in [4.78, 5) is 13.9. The highest BCUT2D eigenvalue weighted by Crippen LogP contribution is 2.01. The predicted octanol–water partition coefficient (Wildman–Crippen LogP) is 0.687. The van der Waals surface area contributed by atoms with E-state index in [4.69, 9.17) is 4.74 Å². The molecule has 1 aromatic rings. The average molecular weight is 247 g/mol. The van der Waals surface area contributed by atoms with Crippen molar-refractivity contribution in [3.05, 3.63) is 42.3 Å². The summed E-state index contributed by atoms with van der Waals surface area (Å²) in [6.07, 6.45) is 1.62. The number of ether oxygens (including phenoxy) is 1. The quantitative estimate of drug-likeness (QED) is 0.832. The van der Waals surface area contributed by atoms with Gasteiger partial charge in [0, 0.05) is 26.2 Å². The minimum absolute atomic E-state index is 0.0329. The van der Waals surface area contributed by atoms with E-state index in [0.29, 0.717) is 6.54 Å². The van der Waals surface area contributed by atoms with Crippen molar-refractivity contribution in [1.29, 1.82) is 0 Å². The van der Waals surface area contributed by atoms with Gasteiger partial charge in [0.15, 0.2) is 0 Å². The van der Waals surface area contributed by atoms with Crippen LogP contribution in [0, 0.1) is 6.42 Å². The largest absolute Gasteiger partial charge is 0.379 e. The molecule has 18 heavy (non-hydrogen) atoms. The number of hydrogen-bond acceptors (Lipinski definition) is 3. The topological polar surface area (TPSA) is 41.6 Å². The van der Waals surface area contributed by atoms with Crippen LogP contribution in [0.3, 0.4) is 0 Å². The maximum absolute atomic E-state index is 11.6. The van der Waals surface area contributed by atoms with Gasteiger partial charge in [-0.2, -0.15) is 0 Å².